The number of hydrogen-bond donors (Lipinski definition) is 2. The molecular formula is C10H13ClO4. The second kappa shape index (κ2) is 5.80. The molecule has 2 atom stereocenters. The molecule has 15 heavy (non-hydrogen) atoms. The first-order valence-corrected chi connectivity index (χ1v) is 4.85. The zero-order chi connectivity index (χ0) is 11.3. The number of rotatable bonds is 5. The summed E-state index contributed by atoms with van der Waals surface area (Å²) in [7, 11) is 1.52. The standard InChI is InChI=1S/C10H13ClO4/c1-14-8-4-2-3-5-9(8)15-6-7(12)10(11)13/h2-5,7,10,12-13H,6H2,1H3. The molecule has 0 aliphatic heterocycles. The molecule has 5 heteroatoms. The van der Waals surface area contributed by atoms with Crippen LogP contribution < -0.4 is 9.47 Å². The summed E-state index contributed by atoms with van der Waals surface area (Å²) in [6.07, 6.45) is -1.13. The van der Waals surface area contributed by atoms with Gasteiger partial charge in [0.1, 0.15) is 12.7 Å². The smallest absolute Gasteiger partial charge is 0.161 e. The van der Waals surface area contributed by atoms with E-state index in [1.54, 1.807) is 24.3 Å². The van der Waals surface area contributed by atoms with E-state index in [9.17, 15) is 5.11 Å². The van der Waals surface area contributed by atoms with Gasteiger partial charge in [0.05, 0.1) is 7.11 Å². The molecular weight excluding hydrogens is 220 g/mol. The third-order valence-corrected chi connectivity index (χ3v) is 2.09. The van der Waals surface area contributed by atoms with E-state index >= 15 is 0 Å². The summed E-state index contributed by atoms with van der Waals surface area (Å²) in [5.74, 6) is 1.06. The molecule has 84 valence electrons. The Balaban J connectivity index is 2.57. The lowest BCUT2D eigenvalue weighted by molar-refractivity contribution is 0.0320. The van der Waals surface area contributed by atoms with Crippen molar-refractivity contribution in [3.63, 3.8) is 0 Å². The van der Waals surface area contributed by atoms with Crippen molar-refractivity contribution in [2.45, 2.75) is 11.7 Å². The van der Waals surface area contributed by atoms with Gasteiger partial charge in [-0.3, -0.25) is 0 Å². The van der Waals surface area contributed by atoms with Crippen LogP contribution in [0.2, 0.25) is 0 Å². The lowest BCUT2D eigenvalue weighted by Crippen LogP contribution is -2.27. The van der Waals surface area contributed by atoms with Crippen LogP contribution >= 0.6 is 11.6 Å². The van der Waals surface area contributed by atoms with Crippen LogP contribution in [-0.2, 0) is 0 Å². The highest BCUT2D eigenvalue weighted by Crippen LogP contribution is 2.25. The van der Waals surface area contributed by atoms with Crippen LogP contribution in [0.1, 0.15) is 0 Å². The van der Waals surface area contributed by atoms with E-state index in [4.69, 9.17) is 26.2 Å². The van der Waals surface area contributed by atoms with Crippen molar-refractivity contribution in [1.29, 1.82) is 0 Å². The van der Waals surface area contributed by atoms with Crippen LogP contribution in [0.15, 0.2) is 24.3 Å². The quantitative estimate of drug-likeness (QED) is 0.744. The van der Waals surface area contributed by atoms with Crippen LogP contribution in [0.25, 0.3) is 0 Å². The van der Waals surface area contributed by atoms with Gasteiger partial charge in [0.25, 0.3) is 0 Å². The summed E-state index contributed by atoms with van der Waals surface area (Å²) in [6.45, 7) is -0.0922. The molecule has 2 N–H and O–H groups in total. The highest BCUT2D eigenvalue weighted by molar-refractivity contribution is 6.19. The van der Waals surface area contributed by atoms with Crippen molar-refractivity contribution in [1.82, 2.24) is 0 Å². The first kappa shape index (κ1) is 12.1. The number of aliphatic hydroxyl groups excluding tert-OH is 2. The summed E-state index contributed by atoms with van der Waals surface area (Å²) in [5.41, 5.74) is -1.33. The molecule has 1 rings (SSSR count). The summed E-state index contributed by atoms with van der Waals surface area (Å²) >= 11 is 5.26. The summed E-state index contributed by atoms with van der Waals surface area (Å²) in [6, 6.07) is 7.02. The molecule has 0 heterocycles. The minimum absolute atomic E-state index is 0.0922. The largest absolute Gasteiger partial charge is 0.493 e. The number of para-hydroxylation sites is 2. The van der Waals surface area contributed by atoms with Gasteiger partial charge in [0.2, 0.25) is 0 Å². The number of aliphatic hydroxyl groups is 2. The highest BCUT2D eigenvalue weighted by Gasteiger charge is 2.14. The minimum Gasteiger partial charge on any atom is -0.493 e. The maximum absolute atomic E-state index is 9.20. The van der Waals surface area contributed by atoms with Gasteiger partial charge in [-0.25, -0.2) is 0 Å². The van der Waals surface area contributed by atoms with Crippen molar-refractivity contribution < 1.29 is 19.7 Å². The van der Waals surface area contributed by atoms with E-state index < -0.39 is 11.7 Å². The fourth-order valence-electron chi connectivity index (χ4n) is 0.993. The van der Waals surface area contributed by atoms with Crippen LogP contribution in [-0.4, -0.2) is 35.6 Å². The molecule has 0 saturated carbocycles. The predicted molar refractivity (Wildman–Crippen MR) is 56.4 cm³/mol. The van der Waals surface area contributed by atoms with Gasteiger partial charge < -0.3 is 19.7 Å². The van der Waals surface area contributed by atoms with Crippen LogP contribution in [0.4, 0.5) is 0 Å². The molecule has 0 aliphatic carbocycles. The number of benzene rings is 1. The first-order valence-electron chi connectivity index (χ1n) is 4.41. The van der Waals surface area contributed by atoms with Gasteiger partial charge in [-0.05, 0) is 12.1 Å². The fraction of sp³-hybridized carbons (Fsp3) is 0.400. The normalized spacial score (nSPS) is 14.4. The van der Waals surface area contributed by atoms with E-state index in [1.807, 2.05) is 0 Å². The second-order valence-electron chi connectivity index (χ2n) is 2.90. The predicted octanol–water partition coefficient (Wildman–Crippen LogP) is 0.992. The van der Waals surface area contributed by atoms with Gasteiger partial charge in [-0.1, -0.05) is 23.7 Å². The molecule has 0 saturated heterocycles. The lowest BCUT2D eigenvalue weighted by Gasteiger charge is -2.14. The maximum Gasteiger partial charge on any atom is 0.161 e. The van der Waals surface area contributed by atoms with E-state index in [2.05, 4.69) is 0 Å². The molecule has 4 nitrogen and oxygen atoms in total. The number of hydrogen-bond acceptors (Lipinski definition) is 4. The fourth-order valence-corrected chi connectivity index (χ4v) is 1.07. The molecule has 0 bridgehead atoms. The average Bonchev–Trinajstić information content (AvgIpc) is 2.26. The first-order chi connectivity index (χ1) is 7.15. The van der Waals surface area contributed by atoms with Crippen LogP contribution in [0, 0.1) is 0 Å². The molecule has 0 aliphatic rings. The van der Waals surface area contributed by atoms with E-state index in [0.29, 0.717) is 11.5 Å². The number of methoxy groups -OCH3 is 1. The molecule has 0 radical (unpaired) electrons. The Morgan fingerprint density at radius 3 is 2.40 bits per heavy atom. The van der Waals surface area contributed by atoms with Crippen molar-refractivity contribution in [2.24, 2.45) is 0 Å². The number of ether oxygens (including phenoxy) is 2. The van der Waals surface area contributed by atoms with Crippen LogP contribution in [0.5, 0.6) is 11.5 Å². The summed E-state index contributed by atoms with van der Waals surface area (Å²) in [5, 5.41) is 18.0. The summed E-state index contributed by atoms with van der Waals surface area (Å²) < 4.78 is 10.3. The van der Waals surface area contributed by atoms with Gasteiger partial charge in [-0.2, -0.15) is 0 Å². The summed E-state index contributed by atoms with van der Waals surface area (Å²) in [4.78, 5) is 0. The van der Waals surface area contributed by atoms with Crippen molar-refractivity contribution in [3.8, 4) is 11.5 Å². The molecule has 1 aromatic rings. The van der Waals surface area contributed by atoms with Crippen molar-refractivity contribution in [2.75, 3.05) is 13.7 Å². The molecule has 1 aromatic carbocycles. The molecule has 0 aromatic heterocycles. The molecule has 0 amide bonds. The third-order valence-electron chi connectivity index (χ3n) is 1.80. The maximum atomic E-state index is 9.20. The number of alkyl halides is 1. The van der Waals surface area contributed by atoms with E-state index in [1.165, 1.54) is 7.11 Å². The van der Waals surface area contributed by atoms with Gasteiger partial charge >= 0.3 is 0 Å². The Bertz CT molecular complexity index is 303. The molecule has 0 fully saturated rings. The Morgan fingerprint density at radius 2 is 1.87 bits per heavy atom. The minimum atomic E-state index is -1.33. The zero-order valence-electron chi connectivity index (χ0n) is 8.26. The van der Waals surface area contributed by atoms with E-state index in [-0.39, 0.29) is 6.61 Å². The van der Waals surface area contributed by atoms with Gasteiger partial charge in [0, 0.05) is 0 Å². The van der Waals surface area contributed by atoms with Crippen molar-refractivity contribution in [3.05, 3.63) is 24.3 Å². The Hall–Kier alpha value is -0.970. The van der Waals surface area contributed by atoms with Crippen LogP contribution in [0.3, 0.4) is 0 Å². The molecule has 2 unspecified atom stereocenters. The zero-order valence-corrected chi connectivity index (χ0v) is 9.02. The highest BCUT2D eigenvalue weighted by atomic mass is 35.5. The Labute approximate surface area is 93.0 Å². The SMILES string of the molecule is COc1ccccc1OCC(O)C(O)Cl. The Morgan fingerprint density at radius 1 is 1.27 bits per heavy atom. The average molecular weight is 233 g/mol. The topological polar surface area (TPSA) is 58.9 Å². The van der Waals surface area contributed by atoms with E-state index in [0.717, 1.165) is 0 Å². The lowest BCUT2D eigenvalue weighted by atomic mass is 10.3. The molecule has 0 spiro atoms. The second-order valence-corrected chi connectivity index (χ2v) is 3.35. The van der Waals surface area contributed by atoms with Gasteiger partial charge in [-0.15, -0.1) is 0 Å². The van der Waals surface area contributed by atoms with Gasteiger partial charge in [0.15, 0.2) is 17.1 Å². The number of halogens is 1. The Kier molecular flexibility index (Phi) is 4.68. The monoisotopic (exact) mass is 232 g/mol. The van der Waals surface area contributed by atoms with Crippen molar-refractivity contribution >= 4 is 11.6 Å². The third kappa shape index (κ3) is 3.58.